The van der Waals surface area contributed by atoms with E-state index in [-0.39, 0.29) is 24.6 Å². The van der Waals surface area contributed by atoms with Crippen LogP contribution in [0, 0.1) is 0 Å². The molecule has 0 radical (unpaired) electrons. The first-order valence-electron chi connectivity index (χ1n) is 9.27. The summed E-state index contributed by atoms with van der Waals surface area (Å²) in [5.41, 5.74) is 0.682. The smallest absolute Gasteiger partial charge is 0.409 e. The van der Waals surface area contributed by atoms with E-state index in [0.29, 0.717) is 55.5 Å². The van der Waals surface area contributed by atoms with E-state index in [1.807, 2.05) is 0 Å². The number of piperidine rings is 1. The van der Waals surface area contributed by atoms with Gasteiger partial charge in [0.15, 0.2) is 11.5 Å². The molecule has 0 aromatic heterocycles. The maximum Gasteiger partial charge on any atom is 0.409 e. The molecule has 1 aliphatic rings. The van der Waals surface area contributed by atoms with Crippen molar-refractivity contribution in [3.05, 3.63) is 12.1 Å². The lowest BCUT2D eigenvalue weighted by molar-refractivity contribution is -0.120. The van der Waals surface area contributed by atoms with Crippen LogP contribution in [-0.4, -0.2) is 70.5 Å². The quantitative estimate of drug-likeness (QED) is 0.693. The molecular formula is C19H29N3O6. The Hall–Kier alpha value is -2.84. The monoisotopic (exact) mass is 395 g/mol. The van der Waals surface area contributed by atoms with Crippen LogP contribution in [0.1, 0.15) is 19.8 Å². The standard InChI is InChI=1S/C19H29N3O6/c1-5-28-19(24)22-8-6-13(7-9-22)21-17(23)12-20-14-10-15(25-2)18(27-4)16(11-14)26-3/h10-11,13,20H,5-9,12H2,1-4H3,(H,21,23). The lowest BCUT2D eigenvalue weighted by Gasteiger charge is -2.31. The summed E-state index contributed by atoms with van der Waals surface area (Å²) in [5, 5.41) is 6.06. The summed E-state index contributed by atoms with van der Waals surface area (Å²) < 4.78 is 20.9. The summed E-state index contributed by atoms with van der Waals surface area (Å²) in [6.07, 6.45) is 1.11. The Bertz CT molecular complexity index is 649. The summed E-state index contributed by atoms with van der Waals surface area (Å²) >= 11 is 0. The number of anilines is 1. The Morgan fingerprint density at radius 1 is 1.07 bits per heavy atom. The summed E-state index contributed by atoms with van der Waals surface area (Å²) in [5.74, 6) is 1.39. The molecule has 1 aliphatic heterocycles. The lowest BCUT2D eigenvalue weighted by atomic mass is 10.1. The van der Waals surface area contributed by atoms with E-state index in [4.69, 9.17) is 18.9 Å². The molecule has 1 fully saturated rings. The predicted octanol–water partition coefficient (Wildman–Crippen LogP) is 1.86. The summed E-state index contributed by atoms with van der Waals surface area (Å²) in [7, 11) is 4.61. The van der Waals surface area contributed by atoms with Crippen LogP contribution in [-0.2, 0) is 9.53 Å². The Morgan fingerprint density at radius 2 is 1.68 bits per heavy atom. The van der Waals surface area contributed by atoms with Crippen molar-refractivity contribution in [3.8, 4) is 17.2 Å². The number of carbonyl (C=O) groups excluding carboxylic acids is 2. The van der Waals surface area contributed by atoms with Crippen LogP contribution in [0.3, 0.4) is 0 Å². The van der Waals surface area contributed by atoms with Crippen LogP contribution >= 0.6 is 0 Å². The van der Waals surface area contributed by atoms with Crippen molar-refractivity contribution in [1.82, 2.24) is 10.2 Å². The minimum absolute atomic E-state index is 0.0416. The molecule has 1 saturated heterocycles. The molecule has 0 atom stereocenters. The lowest BCUT2D eigenvalue weighted by Crippen LogP contribution is -2.47. The van der Waals surface area contributed by atoms with Crippen LogP contribution in [0.15, 0.2) is 12.1 Å². The van der Waals surface area contributed by atoms with E-state index in [0.717, 1.165) is 0 Å². The molecule has 1 aromatic carbocycles. The maximum atomic E-state index is 12.3. The third-order valence-corrected chi connectivity index (χ3v) is 4.50. The number of benzene rings is 1. The van der Waals surface area contributed by atoms with Crippen molar-refractivity contribution in [2.45, 2.75) is 25.8 Å². The molecule has 28 heavy (non-hydrogen) atoms. The number of amides is 2. The number of ether oxygens (including phenoxy) is 4. The number of rotatable bonds is 8. The molecule has 0 aliphatic carbocycles. The zero-order valence-electron chi connectivity index (χ0n) is 16.9. The molecule has 2 amide bonds. The second kappa shape index (κ2) is 10.5. The van der Waals surface area contributed by atoms with Crippen molar-refractivity contribution < 1.29 is 28.5 Å². The molecule has 156 valence electrons. The highest BCUT2D eigenvalue weighted by molar-refractivity contribution is 5.81. The largest absolute Gasteiger partial charge is 0.493 e. The van der Waals surface area contributed by atoms with Crippen molar-refractivity contribution in [2.75, 3.05) is 52.9 Å². The average Bonchev–Trinajstić information content (AvgIpc) is 2.72. The van der Waals surface area contributed by atoms with Crippen molar-refractivity contribution in [2.24, 2.45) is 0 Å². The Morgan fingerprint density at radius 3 is 2.18 bits per heavy atom. The Labute approximate surface area is 165 Å². The van der Waals surface area contributed by atoms with Gasteiger partial charge in [0.1, 0.15) is 0 Å². The highest BCUT2D eigenvalue weighted by Gasteiger charge is 2.24. The molecule has 2 N–H and O–H groups in total. The first-order chi connectivity index (χ1) is 13.5. The molecule has 2 rings (SSSR count). The van der Waals surface area contributed by atoms with Gasteiger partial charge in [-0.05, 0) is 19.8 Å². The van der Waals surface area contributed by atoms with E-state index < -0.39 is 0 Å². The fraction of sp³-hybridized carbons (Fsp3) is 0.579. The number of nitrogens with zero attached hydrogens (tertiary/aromatic N) is 1. The fourth-order valence-corrected chi connectivity index (χ4v) is 3.07. The zero-order chi connectivity index (χ0) is 20.5. The van der Waals surface area contributed by atoms with Gasteiger partial charge in [-0.25, -0.2) is 4.79 Å². The van der Waals surface area contributed by atoms with E-state index in [1.165, 1.54) is 21.3 Å². The first kappa shape index (κ1) is 21.5. The van der Waals surface area contributed by atoms with Gasteiger partial charge in [0.05, 0.1) is 34.5 Å². The number of nitrogens with one attached hydrogen (secondary N) is 2. The van der Waals surface area contributed by atoms with Gasteiger partial charge in [0.25, 0.3) is 0 Å². The maximum absolute atomic E-state index is 12.3. The van der Waals surface area contributed by atoms with Crippen LogP contribution < -0.4 is 24.8 Å². The van der Waals surface area contributed by atoms with Gasteiger partial charge in [0.2, 0.25) is 11.7 Å². The molecular weight excluding hydrogens is 366 g/mol. The summed E-state index contributed by atoms with van der Waals surface area (Å²) in [6, 6.07) is 3.53. The van der Waals surface area contributed by atoms with E-state index in [1.54, 1.807) is 24.0 Å². The van der Waals surface area contributed by atoms with Crippen LogP contribution in [0.5, 0.6) is 17.2 Å². The molecule has 0 saturated carbocycles. The van der Waals surface area contributed by atoms with Gasteiger partial charge in [-0.15, -0.1) is 0 Å². The third-order valence-electron chi connectivity index (χ3n) is 4.50. The molecule has 9 heteroatoms. The van der Waals surface area contributed by atoms with E-state index in [9.17, 15) is 9.59 Å². The predicted molar refractivity (Wildman–Crippen MR) is 104 cm³/mol. The molecule has 1 heterocycles. The van der Waals surface area contributed by atoms with E-state index >= 15 is 0 Å². The first-order valence-corrected chi connectivity index (χ1v) is 9.27. The molecule has 0 unspecified atom stereocenters. The van der Waals surface area contributed by atoms with Crippen molar-refractivity contribution >= 4 is 17.7 Å². The van der Waals surface area contributed by atoms with Gasteiger partial charge in [0, 0.05) is 37.0 Å². The van der Waals surface area contributed by atoms with Crippen LogP contribution in [0.2, 0.25) is 0 Å². The number of methoxy groups -OCH3 is 3. The second-order valence-corrected chi connectivity index (χ2v) is 6.30. The zero-order valence-corrected chi connectivity index (χ0v) is 16.9. The van der Waals surface area contributed by atoms with E-state index in [2.05, 4.69) is 10.6 Å². The number of hydrogen-bond donors (Lipinski definition) is 2. The number of likely N-dealkylation sites (tertiary alicyclic amines) is 1. The third kappa shape index (κ3) is 5.58. The van der Waals surface area contributed by atoms with Gasteiger partial charge in [-0.1, -0.05) is 0 Å². The topological polar surface area (TPSA) is 98.4 Å². The Balaban J connectivity index is 1.84. The SMILES string of the molecule is CCOC(=O)N1CCC(NC(=O)CNc2cc(OC)c(OC)c(OC)c2)CC1. The highest BCUT2D eigenvalue weighted by Crippen LogP contribution is 2.39. The molecule has 9 nitrogen and oxygen atoms in total. The second-order valence-electron chi connectivity index (χ2n) is 6.30. The van der Waals surface area contributed by atoms with Crippen LogP contribution in [0.25, 0.3) is 0 Å². The normalized spacial score (nSPS) is 14.2. The fourth-order valence-electron chi connectivity index (χ4n) is 3.07. The minimum atomic E-state index is -0.295. The van der Waals surface area contributed by atoms with Gasteiger partial charge in [-0.3, -0.25) is 4.79 Å². The van der Waals surface area contributed by atoms with Gasteiger partial charge >= 0.3 is 6.09 Å². The molecule has 1 aromatic rings. The van der Waals surface area contributed by atoms with Gasteiger partial charge in [-0.2, -0.15) is 0 Å². The summed E-state index contributed by atoms with van der Waals surface area (Å²) in [6.45, 7) is 3.40. The highest BCUT2D eigenvalue weighted by atomic mass is 16.6. The van der Waals surface area contributed by atoms with Crippen molar-refractivity contribution in [3.63, 3.8) is 0 Å². The van der Waals surface area contributed by atoms with Crippen molar-refractivity contribution in [1.29, 1.82) is 0 Å². The molecule has 0 bridgehead atoms. The number of carbonyl (C=O) groups is 2. The number of hydrogen-bond acceptors (Lipinski definition) is 7. The average molecular weight is 395 g/mol. The van der Waals surface area contributed by atoms with Gasteiger partial charge < -0.3 is 34.5 Å². The summed E-state index contributed by atoms with van der Waals surface area (Å²) in [4.78, 5) is 25.6. The minimum Gasteiger partial charge on any atom is -0.493 e. The Kier molecular flexibility index (Phi) is 8.03. The van der Waals surface area contributed by atoms with Crippen LogP contribution in [0.4, 0.5) is 10.5 Å². The molecule has 0 spiro atoms.